The summed E-state index contributed by atoms with van der Waals surface area (Å²) in [7, 11) is 0. The van der Waals surface area contributed by atoms with Crippen molar-refractivity contribution >= 4 is 112 Å². The monoisotopic (exact) mass is 818 g/mol. The van der Waals surface area contributed by atoms with Crippen LogP contribution in [0.4, 0.5) is 0 Å². The quantitative estimate of drug-likeness (QED) is 0.274. The molecule has 0 fully saturated rings. The van der Waals surface area contributed by atoms with E-state index in [0.29, 0.717) is 16.8 Å². The maximum atomic E-state index is 10.0. The fraction of sp³-hybridized carbons (Fsp3) is 0.294. The molecular formula is C17H13Br7O3. The van der Waals surface area contributed by atoms with Crippen LogP contribution in [0.15, 0.2) is 51.1 Å². The molecule has 0 heterocycles. The molecular weight excluding hydrogens is 812 g/mol. The molecule has 0 spiro atoms. The molecule has 0 aliphatic rings. The van der Waals surface area contributed by atoms with Gasteiger partial charge in [0.15, 0.2) is 0 Å². The predicted octanol–water partition coefficient (Wildman–Crippen LogP) is 8.09. The molecule has 0 bridgehead atoms. The zero-order valence-electron chi connectivity index (χ0n) is 13.5. The molecule has 0 aliphatic carbocycles. The Balaban J connectivity index is 2.16. The van der Waals surface area contributed by atoms with Crippen LogP contribution >= 0.6 is 112 Å². The van der Waals surface area contributed by atoms with Crippen LogP contribution in [0.1, 0.15) is 0 Å². The Bertz CT molecular complexity index is 700. The molecule has 27 heavy (non-hydrogen) atoms. The smallest absolute Gasteiger partial charge is 0.147 e. The van der Waals surface area contributed by atoms with Crippen LogP contribution in [-0.4, -0.2) is 30.3 Å². The predicted molar refractivity (Wildman–Crippen MR) is 133 cm³/mol. The molecule has 3 nitrogen and oxygen atoms in total. The molecule has 0 saturated heterocycles. The average molecular weight is 825 g/mol. The number of halogens is 7. The van der Waals surface area contributed by atoms with Gasteiger partial charge in [-0.1, -0.05) is 47.8 Å². The van der Waals surface area contributed by atoms with Crippen molar-refractivity contribution in [3.8, 4) is 11.5 Å². The Morgan fingerprint density at radius 3 is 1.30 bits per heavy atom. The minimum Gasteiger partial charge on any atom is -0.490 e. The summed E-state index contributed by atoms with van der Waals surface area (Å²) in [6.07, 6.45) is 0. The number of rotatable bonds is 8. The molecule has 2 aromatic carbocycles. The molecule has 0 amide bonds. The van der Waals surface area contributed by atoms with Crippen molar-refractivity contribution in [2.24, 2.45) is 5.41 Å². The largest absolute Gasteiger partial charge is 0.490 e. The molecule has 0 saturated carbocycles. The molecule has 0 aliphatic heterocycles. The topological polar surface area (TPSA) is 38.7 Å². The van der Waals surface area contributed by atoms with Gasteiger partial charge in [-0.25, -0.2) is 0 Å². The summed E-state index contributed by atoms with van der Waals surface area (Å²) in [5.74, 6) is 1.34. The highest BCUT2D eigenvalue weighted by molar-refractivity contribution is 9.12. The van der Waals surface area contributed by atoms with Crippen LogP contribution < -0.4 is 9.47 Å². The lowest BCUT2D eigenvalue weighted by atomic mass is 9.94. The number of hydrogen-bond acceptors (Lipinski definition) is 3. The van der Waals surface area contributed by atoms with Gasteiger partial charge in [0.25, 0.3) is 0 Å². The molecule has 1 N–H and O–H groups in total. The van der Waals surface area contributed by atoms with Gasteiger partial charge in [-0.05, 0) is 88.0 Å². The van der Waals surface area contributed by atoms with E-state index in [1.165, 1.54) is 0 Å². The molecule has 0 aromatic heterocycles. The fourth-order valence-electron chi connectivity index (χ4n) is 2.04. The third kappa shape index (κ3) is 6.67. The number of aliphatic hydroxyl groups excluding tert-OH is 1. The Hall–Kier alpha value is 1.36. The third-order valence-corrected chi connectivity index (χ3v) is 8.05. The van der Waals surface area contributed by atoms with E-state index in [1.54, 1.807) is 0 Å². The van der Waals surface area contributed by atoms with Crippen LogP contribution in [0.5, 0.6) is 11.5 Å². The number of hydrogen-bond donors (Lipinski definition) is 1. The van der Waals surface area contributed by atoms with Crippen molar-refractivity contribution < 1.29 is 14.6 Å². The van der Waals surface area contributed by atoms with Crippen LogP contribution in [0.25, 0.3) is 0 Å². The van der Waals surface area contributed by atoms with Gasteiger partial charge in [-0.15, -0.1) is 0 Å². The molecule has 148 valence electrons. The summed E-state index contributed by atoms with van der Waals surface area (Å²) >= 11 is 24.4. The van der Waals surface area contributed by atoms with E-state index in [9.17, 15) is 5.11 Å². The first-order valence-corrected chi connectivity index (χ1v) is 13.3. The zero-order chi connectivity index (χ0) is 20.2. The maximum absolute atomic E-state index is 10.0. The first-order chi connectivity index (χ1) is 12.7. The lowest BCUT2D eigenvalue weighted by Crippen LogP contribution is -2.40. The summed E-state index contributed by atoms with van der Waals surface area (Å²) < 4.78 is 17.1. The van der Waals surface area contributed by atoms with E-state index in [-0.39, 0.29) is 19.8 Å². The molecule has 2 rings (SSSR count). The van der Waals surface area contributed by atoms with Crippen molar-refractivity contribution in [2.45, 2.75) is 0 Å². The second kappa shape index (κ2) is 11.1. The van der Waals surface area contributed by atoms with E-state index >= 15 is 0 Å². The highest BCUT2D eigenvalue weighted by atomic mass is 79.9. The summed E-state index contributed by atoms with van der Waals surface area (Å²) in [6, 6.07) is 7.62. The standard InChI is InChI=1S/C17H13Br7O3/c18-5-17(6-25,7-26-15-11(21)1-9(19)2-12(15)22)8-27-16-13(23)3-10(20)4-14(16)24/h1-4,25H,5-8H2. The number of alkyl halides is 1. The Morgan fingerprint density at radius 1 is 0.704 bits per heavy atom. The highest BCUT2D eigenvalue weighted by Gasteiger charge is 2.32. The average Bonchev–Trinajstić information content (AvgIpc) is 2.58. The summed E-state index contributed by atoms with van der Waals surface area (Å²) in [5, 5.41) is 10.6. The number of ether oxygens (including phenoxy) is 2. The van der Waals surface area contributed by atoms with Crippen molar-refractivity contribution in [3.63, 3.8) is 0 Å². The minimum absolute atomic E-state index is 0.101. The fourth-order valence-corrected chi connectivity index (χ4v) is 7.51. The van der Waals surface area contributed by atoms with Gasteiger partial charge in [-0.2, -0.15) is 0 Å². The van der Waals surface area contributed by atoms with Gasteiger partial charge in [0.1, 0.15) is 24.7 Å². The Labute approximate surface area is 216 Å². The van der Waals surface area contributed by atoms with Crippen molar-refractivity contribution in [1.82, 2.24) is 0 Å². The van der Waals surface area contributed by atoms with E-state index in [1.807, 2.05) is 24.3 Å². The molecule has 0 atom stereocenters. The van der Waals surface area contributed by atoms with E-state index in [0.717, 1.165) is 26.8 Å². The maximum Gasteiger partial charge on any atom is 0.147 e. The lowest BCUT2D eigenvalue weighted by molar-refractivity contribution is 0.0415. The van der Waals surface area contributed by atoms with Crippen LogP contribution in [-0.2, 0) is 0 Å². The van der Waals surface area contributed by atoms with E-state index < -0.39 is 5.41 Å². The normalized spacial score (nSPS) is 11.6. The van der Waals surface area contributed by atoms with Gasteiger partial charge >= 0.3 is 0 Å². The second-order valence-corrected chi connectivity index (χ2v) is 11.6. The van der Waals surface area contributed by atoms with Gasteiger partial charge in [-0.3, -0.25) is 0 Å². The van der Waals surface area contributed by atoms with Crippen molar-refractivity contribution in [3.05, 3.63) is 51.1 Å². The van der Waals surface area contributed by atoms with Gasteiger partial charge in [0.05, 0.1) is 29.9 Å². The molecule has 0 unspecified atom stereocenters. The summed E-state index contributed by atoms with van der Waals surface area (Å²) in [4.78, 5) is 0. The molecule has 2 aromatic rings. The van der Waals surface area contributed by atoms with Crippen LogP contribution in [0.2, 0.25) is 0 Å². The second-order valence-electron chi connectivity index (χ2n) is 5.77. The molecule has 10 heteroatoms. The number of benzene rings is 2. The SMILES string of the molecule is OCC(CBr)(COc1c(Br)cc(Br)cc1Br)COc1c(Br)cc(Br)cc1Br. The van der Waals surface area contributed by atoms with Crippen LogP contribution in [0.3, 0.4) is 0 Å². The first kappa shape index (κ1) is 24.6. The zero-order valence-corrected chi connectivity index (χ0v) is 24.6. The first-order valence-electron chi connectivity index (χ1n) is 7.43. The van der Waals surface area contributed by atoms with Crippen molar-refractivity contribution in [1.29, 1.82) is 0 Å². The summed E-state index contributed by atoms with van der Waals surface area (Å²) in [5.41, 5.74) is -0.627. The van der Waals surface area contributed by atoms with Gasteiger partial charge in [0, 0.05) is 14.3 Å². The van der Waals surface area contributed by atoms with E-state index in [2.05, 4.69) is 112 Å². The van der Waals surface area contributed by atoms with E-state index in [4.69, 9.17) is 9.47 Å². The Morgan fingerprint density at radius 2 is 1.04 bits per heavy atom. The molecule has 0 radical (unpaired) electrons. The third-order valence-electron chi connectivity index (χ3n) is 3.59. The summed E-state index contributed by atoms with van der Waals surface area (Å²) in [6.45, 7) is 0.425. The van der Waals surface area contributed by atoms with Gasteiger partial charge in [0.2, 0.25) is 0 Å². The van der Waals surface area contributed by atoms with Crippen molar-refractivity contribution in [2.75, 3.05) is 25.2 Å². The highest BCUT2D eigenvalue weighted by Crippen LogP contribution is 2.39. The van der Waals surface area contributed by atoms with Gasteiger partial charge < -0.3 is 14.6 Å². The Kier molecular flexibility index (Phi) is 10.1. The minimum atomic E-state index is -0.627. The lowest BCUT2D eigenvalue weighted by Gasteiger charge is -2.30. The number of aliphatic hydroxyl groups is 1. The van der Waals surface area contributed by atoms with Crippen LogP contribution in [0, 0.1) is 5.41 Å².